The van der Waals surface area contributed by atoms with Crippen LogP contribution in [0.3, 0.4) is 0 Å². The Morgan fingerprint density at radius 3 is 2.41 bits per heavy atom. The number of anilines is 1. The first-order chi connectivity index (χ1) is 13.6. The summed E-state index contributed by atoms with van der Waals surface area (Å²) in [6, 6.07) is 5.15. The van der Waals surface area contributed by atoms with Crippen LogP contribution in [0.2, 0.25) is 0 Å². The molecule has 1 aromatic heterocycles. The van der Waals surface area contributed by atoms with Gasteiger partial charge < -0.3 is 15.0 Å². The molecule has 1 aromatic carbocycles. The second-order valence-corrected chi connectivity index (χ2v) is 8.33. The van der Waals surface area contributed by atoms with Crippen molar-refractivity contribution in [1.29, 1.82) is 0 Å². The summed E-state index contributed by atoms with van der Waals surface area (Å²) in [5.74, 6) is -1.20. The average Bonchev–Trinajstić information content (AvgIpc) is 2.62. The van der Waals surface area contributed by atoms with Crippen molar-refractivity contribution in [3.8, 4) is 0 Å². The van der Waals surface area contributed by atoms with E-state index in [1.807, 2.05) is 0 Å². The summed E-state index contributed by atoms with van der Waals surface area (Å²) in [4.78, 5) is 50.8. The van der Waals surface area contributed by atoms with Gasteiger partial charge in [-0.25, -0.2) is 18.4 Å². The lowest BCUT2D eigenvalue weighted by Crippen LogP contribution is -2.26. The van der Waals surface area contributed by atoms with Crippen molar-refractivity contribution in [2.24, 2.45) is 5.14 Å². The Morgan fingerprint density at radius 1 is 1.17 bits per heavy atom. The molecule has 0 spiro atoms. The Morgan fingerprint density at radius 2 is 1.83 bits per heavy atom. The first kappa shape index (κ1) is 22.4. The fraction of sp³-hybridized carbons (Fsp3) is 0.250. The highest BCUT2D eigenvalue weighted by atomic mass is 32.2. The second kappa shape index (κ2) is 9.54. The lowest BCUT2D eigenvalue weighted by Gasteiger charge is -2.07. The van der Waals surface area contributed by atoms with Crippen LogP contribution in [0.5, 0.6) is 0 Å². The number of nitrogens with one attached hydrogen (secondary N) is 3. The number of H-pyrrole nitrogens is 2. The molecule has 0 aliphatic rings. The van der Waals surface area contributed by atoms with Crippen LogP contribution in [-0.4, -0.2) is 42.6 Å². The van der Waals surface area contributed by atoms with E-state index in [0.29, 0.717) is 16.9 Å². The number of carbonyl (C=O) groups excluding carboxylic acids is 2. The number of aryl methyl sites for hydroxylation is 1. The standard InChI is InChI=1S/C16H18N4O7S2/c1-9-12(15(23)20-16(24)18-9)7-28-8-14(22)27-6-13(21)19-10-2-4-11(5-3-10)29(17,25)26/h2-5H,6-8H2,1H3,(H,19,21)(H2,17,25,26)(H2,18,20,23,24). The molecule has 0 saturated carbocycles. The molecule has 0 saturated heterocycles. The number of thioether (sulfide) groups is 1. The number of esters is 1. The van der Waals surface area contributed by atoms with E-state index in [-0.39, 0.29) is 16.4 Å². The molecule has 5 N–H and O–H groups in total. The summed E-state index contributed by atoms with van der Waals surface area (Å²) >= 11 is 1.09. The Bertz CT molecular complexity index is 1120. The van der Waals surface area contributed by atoms with Gasteiger partial charge >= 0.3 is 11.7 Å². The number of benzene rings is 1. The van der Waals surface area contributed by atoms with E-state index in [0.717, 1.165) is 11.8 Å². The number of aromatic nitrogens is 2. The van der Waals surface area contributed by atoms with Crippen LogP contribution in [0.15, 0.2) is 38.8 Å². The maximum atomic E-state index is 11.8. The molecule has 0 aliphatic carbocycles. The van der Waals surface area contributed by atoms with Crippen LogP contribution in [0, 0.1) is 6.92 Å². The lowest BCUT2D eigenvalue weighted by molar-refractivity contribution is -0.144. The molecule has 156 valence electrons. The quantitative estimate of drug-likeness (QED) is 0.392. The topological polar surface area (TPSA) is 181 Å². The summed E-state index contributed by atoms with van der Waals surface area (Å²) in [7, 11) is -3.83. The van der Waals surface area contributed by atoms with E-state index in [2.05, 4.69) is 15.3 Å². The van der Waals surface area contributed by atoms with Gasteiger partial charge in [0.1, 0.15) is 0 Å². The zero-order chi connectivity index (χ0) is 21.6. The minimum absolute atomic E-state index is 0.101. The molecule has 0 radical (unpaired) electrons. The molecule has 0 aliphatic heterocycles. The van der Waals surface area contributed by atoms with E-state index >= 15 is 0 Å². The third-order valence-corrected chi connectivity index (χ3v) is 5.41. The third-order valence-electron chi connectivity index (χ3n) is 3.55. The molecule has 1 amide bonds. The van der Waals surface area contributed by atoms with E-state index in [1.165, 1.54) is 24.3 Å². The van der Waals surface area contributed by atoms with Crippen molar-refractivity contribution < 1.29 is 22.7 Å². The van der Waals surface area contributed by atoms with Gasteiger partial charge in [0, 0.05) is 22.7 Å². The fourth-order valence-electron chi connectivity index (χ4n) is 2.15. The summed E-state index contributed by atoms with van der Waals surface area (Å²) in [6.45, 7) is 1.04. The van der Waals surface area contributed by atoms with Gasteiger partial charge in [-0.1, -0.05) is 0 Å². The molecule has 0 unspecified atom stereocenters. The normalized spacial score (nSPS) is 11.1. The third kappa shape index (κ3) is 6.89. The van der Waals surface area contributed by atoms with E-state index in [1.54, 1.807) is 6.92 Å². The maximum absolute atomic E-state index is 11.8. The van der Waals surface area contributed by atoms with Crippen LogP contribution < -0.4 is 21.7 Å². The number of aromatic amines is 2. The van der Waals surface area contributed by atoms with Crippen LogP contribution in [-0.2, 0) is 30.1 Å². The van der Waals surface area contributed by atoms with E-state index < -0.39 is 39.8 Å². The minimum atomic E-state index is -3.83. The van der Waals surface area contributed by atoms with Crippen molar-refractivity contribution in [2.75, 3.05) is 17.7 Å². The van der Waals surface area contributed by atoms with Gasteiger partial charge in [0.2, 0.25) is 10.0 Å². The predicted molar refractivity (Wildman–Crippen MR) is 106 cm³/mol. The summed E-state index contributed by atoms with van der Waals surface area (Å²) < 4.78 is 27.2. The predicted octanol–water partition coefficient (Wildman–Crippen LogP) is -0.566. The highest BCUT2D eigenvalue weighted by Gasteiger charge is 2.12. The summed E-state index contributed by atoms with van der Waals surface area (Å²) in [5, 5.41) is 7.42. The van der Waals surface area contributed by atoms with Gasteiger partial charge in [-0.3, -0.25) is 19.4 Å². The van der Waals surface area contributed by atoms with Crippen LogP contribution in [0.1, 0.15) is 11.3 Å². The molecule has 13 heteroatoms. The van der Waals surface area contributed by atoms with Gasteiger partial charge in [-0.05, 0) is 31.2 Å². The minimum Gasteiger partial charge on any atom is -0.455 e. The molecular weight excluding hydrogens is 424 g/mol. The fourth-order valence-corrected chi connectivity index (χ4v) is 3.57. The molecule has 0 atom stereocenters. The van der Waals surface area contributed by atoms with Gasteiger partial charge in [0.25, 0.3) is 11.5 Å². The number of carbonyl (C=O) groups is 2. The highest BCUT2D eigenvalue weighted by Crippen LogP contribution is 2.13. The molecule has 0 bridgehead atoms. The van der Waals surface area contributed by atoms with E-state index in [4.69, 9.17) is 9.88 Å². The van der Waals surface area contributed by atoms with Crippen LogP contribution in [0.4, 0.5) is 5.69 Å². The highest BCUT2D eigenvalue weighted by molar-refractivity contribution is 7.99. The Hall–Kier alpha value is -2.90. The summed E-state index contributed by atoms with van der Waals surface area (Å²) in [5.41, 5.74) is -0.0814. The number of hydrogen-bond acceptors (Lipinski definition) is 8. The van der Waals surface area contributed by atoms with Crippen molar-refractivity contribution in [3.05, 3.63) is 56.4 Å². The first-order valence-corrected chi connectivity index (χ1v) is 10.7. The Labute approximate surface area is 169 Å². The van der Waals surface area contributed by atoms with Gasteiger partial charge in [-0.2, -0.15) is 0 Å². The zero-order valence-electron chi connectivity index (χ0n) is 15.2. The monoisotopic (exact) mass is 442 g/mol. The largest absolute Gasteiger partial charge is 0.455 e. The van der Waals surface area contributed by atoms with Crippen molar-refractivity contribution in [3.63, 3.8) is 0 Å². The molecule has 0 fully saturated rings. The van der Waals surface area contributed by atoms with Gasteiger partial charge in [0.15, 0.2) is 6.61 Å². The average molecular weight is 442 g/mol. The van der Waals surface area contributed by atoms with Crippen LogP contribution >= 0.6 is 11.8 Å². The number of nitrogens with two attached hydrogens (primary N) is 1. The Kier molecular flexibility index (Phi) is 7.36. The first-order valence-electron chi connectivity index (χ1n) is 8.04. The molecule has 2 aromatic rings. The smallest absolute Gasteiger partial charge is 0.325 e. The molecular formula is C16H18N4O7S2. The summed E-state index contributed by atoms with van der Waals surface area (Å²) in [6.07, 6.45) is 0. The number of sulfonamides is 1. The number of primary sulfonamides is 1. The number of rotatable bonds is 8. The molecule has 11 nitrogen and oxygen atoms in total. The zero-order valence-corrected chi connectivity index (χ0v) is 16.8. The van der Waals surface area contributed by atoms with Crippen molar-refractivity contribution >= 4 is 39.3 Å². The SMILES string of the molecule is Cc1[nH]c(=O)[nH]c(=O)c1CSCC(=O)OCC(=O)Nc1ccc(S(N)(=O)=O)cc1. The van der Waals surface area contributed by atoms with Gasteiger partial charge in [-0.15, -0.1) is 11.8 Å². The van der Waals surface area contributed by atoms with Crippen LogP contribution in [0.25, 0.3) is 0 Å². The van der Waals surface area contributed by atoms with Crippen molar-refractivity contribution in [2.45, 2.75) is 17.6 Å². The number of ether oxygens (including phenoxy) is 1. The Balaban J connectivity index is 1.77. The van der Waals surface area contributed by atoms with Crippen molar-refractivity contribution in [1.82, 2.24) is 9.97 Å². The lowest BCUT2D eigenvalue weighted by atomic mass is 10.3. The molecule has 2 rings (SSSR count). The second-order valence-electron chi connectivity index (χ2n) is 5.78. The molecule has 29 heavy (non-hydrogen) atoms. The number of hydrogen-bond donors (Lipinski definition) is 4. The van der Waals surface area contributed by atoms with E-state index in [9.17, 15) is 27.6 Å². The molecule has 1 heterocycles. The maximum Gasteiger partial charge on any atom is 0.325 e. The number of amides is 1. The van der Waals surface area contributed by atoms with Gasteiger partial charge in [0.05, 0.1) is 10.6 Å².